The summed E-state index contributed by atoms with van der Waals surface area (Å²) in [5.41, 5.74) is 0.567. The number of carbonyl (C=O) groups is 2. The lowest BCUT2D eigenvalue weighted by Crippen LogP contribution is -2.31. The molecule has 0 aliphatic carbocycles. The zero-order valence-corrected chi connectivity index (χ0v) is 18.4. The first kappa shape index (κ1) is 24.7. The van der Waals surface area contributed by atoms with Crippen LogP contribution in [-0.4, -0.2) is 24.7 Å². The molecule has 0 radical (unpaired) electrons. The number of hydrogen-bond donors (Lipinski definition) is 0. The summed E-state index contributed by atoms with van der Waals surface area (Å²) in [6.45, 7) is 1.19. The van der Waals surface area contributed by atoms with Crippen molar-refractivity contribution < 1.29 is 27.5 Å². The molecule has 0 N–H and O–H groups in total. The molecule has 1 amide bonds. The van der Waals surface area contributed by atoms with Crippen LogP contribution in [0.25, 0.3) is 0 Å². The average Bonchev–Trinajstić information content (AvgIpc) is 2.83. The van der Waals surface area contributed by atoms with Gasteiger partial charge in [-0.2, -0.15) is 23.3 Å². The standard InChI is InChI=1S/C26H23F3N2O3/c1-19(21-11-6-3-7-12-21)15-25(33)34-18-24(32)31(30-17-20-9-4-2-5-10-20)23-14-8-13-22(16-23)26(27,28)29/h2-14,16-17,19H,15,18H2,1H3/b30-17-/t19-/m0/s1. The Morgan fingerprint density at radius 2 is 1.62 bits per heavy atom. The highest BCUT2D eigenvalue weighted by Gasteiger charge is 2.31. The Morgan fingerprint density at radius 1 is 0.971 bits per heavy atom. The van der Waals surface area contributed by atoms with Crippen LogP contribution >= 0.6 is 0 Å². The van der Waals surface area contributed by atoms with Crippen LogP contribution in [0.15, 0.2) is 90.0 Å². The summed E-state index contributed by atoms with van der Waals surface area (Å²) in [5.74, 6) is -1.51. The number of nitrogens with zero attached hydrogens (tertiary/aromatic N) is 2. The molecule has 3 aromatic rings. The van der Waals surface area contributed by atoms with Gasteiger partial charge in [0.15, 0.2) is 6.61 Å². The monoisotopic (exact) mass is 468 g/mol. The van der Waals surface area contributed by atoms with E-state index < -0.39 is 30.2 Å². The number of alkyl halides is 3. The summed E-state index contributed by atoms with van der Waals surface area (Å²) in [5, 5.41) is 4.88. The lowest BCUT2D eigenvalue weighted by molar-refractivity contribution is -0.148. The third-order valence-electron chi connectivity index (χ3n) is 4.97. The Labute approximate surface area is 195 Å². The molecule has 1 atom stereocenters. The molecule has 3 aromatic carbocycles. The maximum Gasteiger partial charge on any atom is 0.416 e. The summed E-state index contributed by atoms with van der Waals surface area (Å²) in [7, 11) is 0. The Hall–Kier alpha value is -3.94. The molecule has 0 spiro atoms. The van der Waals surface area contributed by atoms with Crippen molar-refractivity contribution in [3.63, 3.8) is 0 Å². The predicted octanol–water partition coefficient (Wildman–Crippen LogP) is 5.81. The number of hydrogen-bond acceptors (Lipinski definition) is 4. The molecule has 0 unspecified atom stereocenters. The maximum atomic E-state index is 13.2. The molecular weight excluding hydrogens is 445 g/mol. The van der Waals surface area contributed by atoms with Gasteiger partial charge in [-0.15, -0.1) is 0 Å². The number of esters is 1. The van der Waals surface area contributed by atoms with E-state index in [1.165, 1.54) is 18.3 Å². The molecule has 0 heterocycles. The van der Waals surface area contributed by atoms with Crippen molar-refractivity contribution in [3.8, 4) is 0 Å². The SMILES string of the molecule is C[C@@H](CC(=O)OCC(=O)N(/N=C\c1ccccc1)c1cccc(C(F)(F)F)c1)c1ccccc1. The van der Waals surface area contributed by atoms with Crippen LogP contribution in [-0.2, 0) is 20.5 Å². The van der Waals surface area contributed by atoms with Gasteiger partial charge in [0.05, 0.1) is 23.9 Å². The topological polar surface area (TPSA) is 59.0 Å². The Bertz CT molecular complexity index is 1130. The fourth-order valence-corrected chi connectivity index (χ4v) is 3.16. The molecular formula is C26H23F3N2O3. The Balaban J connectivity index is 1.74. The Kier molecular flexibility index (Phi) is 8.19. The van der Waals surface area contributed by atoms with E-state index in [0.29, 0.717) is 5.56 Å². The number of rotatable bonds is 8. The first-order chi connectivity index (χ1) is 16.2. The van der Waals surface area contributed by atoms with E-state index in [2.05, 4.69) is 5.10 Å². The van der Waals surface area contributed by atoms with Crippen LogP contribution in [0.1, 0.15) is 36.0 Å². The third kappa shape index (κ3) is 7.03. The first-order valence-electron chi connectivity index (χ1n) is 10.5. The van der Waals surface area contributed by atoms with E-state index in [-0.39, 0.29) is 18.0 Å². The quantitative estimate of drug-likeness (QED) is 0.238. The predicted molar refractivity (Wildman–Crippen MR) is 123 cm³/mol. The summed E-state index contributed by atoms with van der Waals surface area (Å²) in [4.78, 5) is 25.1. The number of anilines is 1. The van der Waals surface area contributed by atoms with Gasteiger partial charge in [0.2, 0.25) is 0 Å². The van der Waals surface area contributed by atoms with E-state index in [4.69, 9.17) is 4.74 Å². The van der Waals surface area contributed by atoms with Gasteiger partial charge < -0.3 is 4.74 Å². The van der Waals surface area contributed by atoms with Crippen LogP contribution in [0, 0.1) is 0 Å². The smallest absolute Gasteiger partial charge is 0.416 e. The molecule has 3 rings (SSSR count). The van der Waals surface area contributed by atoms with Crippen LogP contribution in [0.5, 0.6) is 0 Å². The summed E-state index contributed by atoms with van der Waals surface area (Å²) < 4.78 is 44.7. The van der Waals surface area contributed by atoms with Gasteiger partial charge in [-0.25, -0.2) is 0 Å². The minimum Gasteiger partial charge on any atom is -0.455 e. The van der Waals surface area contributed by atoms with Gasteiger partial charge in [0, 0.05) is 0 Å². The van der Waals surface area contributed by atoms with Crippen molar-refractivity contribution in [3.05, 3.63) is 102 Å². The zero-order chi connectivity index (χ0) is 24.6. The number of benzene rings is 3. The average molecular weight is 468 g/mol. The highest BCUT2D eigenvalue weighted by molar-refractivity contribution is 5.96. The van der Waals surface area contributed by atoms with Crippen molar-refractivity contribution in [2.45, 2.75) is 25.4 Å². The molecule has 0 bridgehead atoms. The second-order valence-corrected chi connectivity index (χ2v) is 7.59. The van der Waals surface area contributed by atoms with E-state index in [9.17, 15) is 22.8 Å². The van der Waals surface area contributed by atoms with Crippen LogP contribution in [0.4, 0.5) is 18.9 Å². The summed E-state index contributed by atoms with van der Waals surface area (Å²) >= 11 is 0. The van der Waals surface area contributed by atoms with Gasteiger partial charge in [-0.3, -0.25) is 9.59 Å². The fourth-order valence-electron chi connectivity index (χ4n) is 3.16. The molecule has 0 saturated carbocycles. The van der Waals surface area contributed by atoms with Crippen molar-refractivity contribution in [1.29, 1.82) is 0 Å². The molecule has 0 saturated heterocycles. The highest BCUT2D eigenvalue weighted by Crippen LogP contribution is 2.32. The summed E-state index contributed by atoms with van der Waals surface area (Å²) in [6.07, 6.45) is -3.19. The van der Waals surface area contributed by atoms with Gasteiger partial charge >= 0.3 is 12.1 Å². The van der Waals surface area contributed by atoms with Crippen LogP contribution in [0.3, 0.4) is 0 Å². The van der Waals surface area contributed by atoms with Crippen molar-refractivity contribution in [2.24, 2.45) is 5.10 Å². The van der Waals surface area contributed by atoms with Gasteiger partial charge in [-0.1, -0.05) is 73.7 Å². The molecule has 0 aliphatic rings. The molecule has 0 aliphatic heterocycles. The van der Waals surface area contributed by atoms with E-state index in [1.54, 1.807) is 30.3 Å². The fraction of sp³-hybridized carbons (Fsp3) is 0.192. The first-order valence-corrected chi connectivity index (χ1v) is 10.5. The van der Waals surface area contributed by atoms with E-state index in [1.807, 2.05) is 37.3 Å². The molecule has 8 heteroatoms. The van der Waals surface area contributed by atoms with Gasteiger partial charge in [-0.05, 0) is 35.2 Å². The molecule has 0 fully saturated rings. The number of ether oxygens (including phenoxy) is 1. The minimum atomic E-state index is -4.59. The van der Waals surface area contributed by atoms with Crippen molar-refractivity contribution in [2.75, 3.05) is 11.6 Å². The van der Waals surface area contributed by atoms with Gasteiger partial charge in [0.25, 0.3) is 5.91 Å². The molecule has 34 heavy (non-hydrogen) atoms. The minimum absolute atomic E-state index is 0.0497. The molecule has 176 valence electrons. The number of amides is 1. The highest BCUT2D eigenvalue weighted by atomic mass is 19.4. The van der Waals surface area contributed by atoms with Crippen LogP contribution < -0.4 is 5.01 Å². The largest absolute Gasteiger partial charge is 0.455 e. The number of carbonyl (C=O) groups excluding carboxylic acids is 2. The third-order valence-corrected chi connectivity index (χ3v) is 4.97. The number of hydrazone groups is 1. The molecule has 5 nitrogen and oxygen atoms in total. The van der Waals surface area contributed by atoms with E-state index >= 15 is 0 Å². The van der Waals surface area contributed by atoms with Crippen molar-refractivity contribution in [1.82, 2.24) is 0 Å². The number of halogens is 3. The zero-order valence-electron chi connectivity index (χ0n) is 18.4. The van der Waals surface area contributed by atoms with E-state index in [0.717, 1.165) is 22.7 Å². The second-order valence-electron chi connectivity index (χ2n) is 7.59. The van der Waals surface area contributed by atoms with Crippen LogP contribution in [0.2, 0.25) is 0 Å². The van der Waals surface area contributed by atoms with Gasteiger partial charge in [0.1, 0.15) is 0 Å². The van der Waals surface area contributed by atoms with Crippen molar-refractivity contribution >= 4 is 23.8 Å². The normalized spacial score (nSPS) is 12.4. The lowest BCUT2D eigenvalue weighted by Gasteiger charge is -2.19. The maximum absolute atomic E-state index is 13.2. The lowest BCUT2D eigenvalue weighted by atomic mass is 9.98. The summed E-state index contributed by atoms with van der Waals surface area (Å²) in [6, 6.07) is 22.3. The Morgan fingerprint density at radius 3 is 2.26 bits per heavy atom. The molecule has 0 aromatic heterocycles. The second kappa shape index (κ2) is 11.3.